The summed E-state index contributed by atoms with van der Waals surface area (Å²) in [6, 6.07) is 7.79. The highest BCUT2D eigenvalue weighted by molar-refractivity contribution is 6.30. The second-order valence-corrected chi connectivity index (χ2v) is 7.55. The molecule has 0 unspecified atom stereocenters. The zero-order valence-electron chi connectivity index (χ0n) is 16.0. The van der Waals surface area contributed by atoms with Gasteiger partial charge in [-0.3, -0.25) is 9.59 Å². The Balaban J connectivity index is 2.13. The van der Waals surface area contributed by atoms with E-state index in [-0.39, 0.29) is 23.5 Å². The third-order valence-corrected chi connectivity index (χ3v) is 4.26. The number of carbonyl (C=O) groups excluding carboxylic acids is 1. The molecule has 1 aromatic carbocycles. The number of nitrogens with zero attached hydrogens (tertiary/aromatic N) is 4. The van der Waals surface area contributed by atoms with Crippen molar-refractivity contribution in [1.82, 2.24) is 24.9 Å². The van der Waals surface area contributed by atoms with Crippen molar-refractivity contribution in [3.63, 3.8) is 0 Å². The number of benzene rings is 1. The average molecular weight is 438 g/mol. The van der Waals surface area contributed by atoms with Crippen molar-refractivity contribution < 1.29 is 18.7 Å². The summed E-state index contributed by atoms with van der Waals surface area (Å²) in [5.41, 5.74) is -1.54. The number of aliphatic hydroxyl groups is 1. The summed E-state index contributed by atoms with van der Waals surface area (Å²) in [5, 5.41) is 20.5. The van der Waals surface area contributed by atoms with Crippen molar-refractivity contribution in [2.24, 2.45) is 0 Å². The minimum atomic E-state index is -2.90. The molecule has 0 fully saturated rings. The van der Waals surface area contributed by atoms with Crippen LogP contribution in [0.5, 0.6) is 0 Å². The molecule has 2 heterocycles. The molecule has 8 nitrogen and oxygen atoms in total. The van der Waals surface area contributed by atoms with Gasteiger partial charge in [0.1, 0.15) is 11.3 Å². The molecule has 11 heteroatoms. The molecule has 0 saturated carbocycles. The zero-order chi connectivity index (χ0) is 22.1. The van der Waals surface area contributed by atoms with Gasteiger partial charge in [0.2, 0.25) is 0 Å². The summed E-state index contributed by atoms with van der Waals surface area (Å²) in [7, 11) is 0. The maximum atomic E-state index is 12.9. The molecule has 3 aromatic rings. The normalized spacial score (nSPS) is 11.7. The Morgan fingerprint density at radius 3 is 2.53 bits per heavy atom. The van der Waals surface area contributed by atoms with Crippen molar-refractivity contribution in [3.05, 3.63) is 63.7 Å². The maximum Gasteiger partial charge on any atom is 0.333 e. The Bertz CT molecular complexity index is 1120. The van der Waals surface area contributed by atoms with Gasteiger partial charge in [-0.15, -0.1) is 0 Å². The quantitative estimate of drug-likeness (QED) is 0.617. The van der Waals surface area contributed by atoms with Crippen LogP contribution in [0.25, 0.3) is 16.9 Å². The van der Waals surface area contributed by atoms with Gasteiger partial charge in [-0.2, -0.15) is 23.7 Å². The van der Waals surface area contributed by atoms with Gasteiger partial charge in [-0.05, 0) is 32.0 Å². The monoisotopic (exact) mass is 437 g/mol. The van der Waals surface area contributed by atoms with Crippen molar-refractivity contribution in [1.29, 1.82) is 0 Å². The first-order chi connectivity index (χ1) is 14.0. The summed E-state index contributed by atoms with van der Waals surface area (Å²) in [4.78, 5) is 25.5. The summed E-state index contributed by atoms with van der Waals surface area (Å²) in [5.74, 6) is -0.741. The molecule has 1 amide bonds. The van der Waals surface area contributed by atoms with Gasteiger partial charge in [-0.25, -0.2) is 4.68 Å². The van der Waals surface area contributed by atoms with Gasteiger partial charge in [-0.1, -0.05) is 23.7 Å². The van der Waals surface area contributed by atoms with Crippen molar-refractivity contribution in [2.45, 2.75) is 26.0 Å². The molecule has 2 aromatic heterocycles. The van der Waals surface area contributed by atoms with E-state index < -0.39 is 23.6 Å². The van der Waals surface area contributed by atoms with Crippen LogP contribution in [0.15, 0.2) is 47.5 Å². The third kappa shape index (κ3) is 4.89. The van der Waals surface area contributed by atoms with E-state index in [9.17, 15) is 23.5 Å². The van der Waals surface area contributed by atoms with Gasteiger partial charge in [0, 0.05) is 17.1 Å². The molecule has 0 atom stereocenters. The molecule has 2 N–H and O–H groups in total. The van der Waals surface area contributed by atoms with Crippen LogP contribution in [0.2, 0.25) is 5.02 Å². The molecule has 0 radical (unpaired) electrons. The number of hydrogen-bond donors (Lipinski definition) is 2. The van der Waals surface area contributed by atoms with E-state index >= 15 is 0 Å². The molecular formula is C19H18ClF2N5O3. The lowest BCUT2D eigenvalue weighted by atomic mass is 10.1. The second-order valence-electron chi connectivity index (χ2n) is 7.12. The third-order valence-electron chi connectivity index (χ3n) is 4.01. The highest BCUT2D eigenvalue weighted by Gasteiger charge is 2.21. The van der Waals surface area contributed by atoms with Crippen molar-refractivity contribution in [2.75, 3.05) is 6.54 Å². The minimum absolute atomic E-state index is 0.0346. The number of alkyl halides is 2. The van der Waals surface area contributed by atoms with Crippen LogP contribution >= 0.6 is 11.6 Å². The van der Waals surface area contributed by atoms with Crippen LogP contribution in [0.1, 0.15) is 30.8 Å². The lowest BCUT2D eigenvalue weighted by Crippen LogP contribution is -2.41. The maximum absolute atomic E-state index is 12.9. The SMILES string of the molecule is CC(C)(O)CNC(=O)c1cc(-c2ccc(Cl)cc2)nn(-c2cnn(C(F)F)c2)c1=O. The largest absolute Gasteiger partial charge is 0.389 e. The number of rotatable bonds is 6. The van der Waals surface area contributed by atoms with E-state index in [1.54, 1.807) is 24.3 Å². The van der Waals surface area contributed by atoms with Crippen molar-refractivity contribution >= 4 is 17.5 Å². The van der Waals surface area contributed by atoms with Gasteiger partial charge in [0.05, 0.1) is 23.7 Å². The molecular weight excluding hydrogens is 420 g/mol. The van der Waals surface area contributed by atoms with Gasteiger partial charge < -0.3 is 10.4 Å². The minimum Gasteiger partial charge on any atom is -0.389 e. The molecule has 0 saturated heterocycles. The second kappa shape index (κ2) is 8.33. The fourth-order valence-electron chi connectivity index (χ4n) is 2.53. The molecule has 158 valence electrons. The molecule has 0 aliphatic rings. The first-order valence-electron chi connectivity index (χ1n) is 8.79. The van der Waals surface area contributed by atoms with Crippen LogP contribution in [-0.2, 0) is 0 Å². The highest BCUT2D eigenvalue weighted by Crippen LogP contribution is 2.21. The Morgan fingerprint density at radius 2 is 1.97 bits per heavy atom. The smallest absolute Gasteiger partial charge is 0.333 e. The first kappa shape index (κ1) is 21.6. The highest BCUT2D eigenvalue weighted by atomic mass is 35.5. The van der Waals surface area contributed by atoms with Gasteiger partial charge in [0.15, 0.2) is 0 Å². The van der Waals surface area contributed by atoms with E-state index in [1.807, 2.05) is 0 Å². The Labute approximate surface area is 174 Å². The van der Waals surface area contributed by atoms with Gasteiger partial charge in [0.25, 0.3) is 11.5 Å². The number of hydrogen-bond acceptors (Lipinski definition) is 5. The standard InChI is InChI=1S/C19H18ClF2N5O3/c1-19(2,30)10-23-16(28)14-7-15(11-3-5-12(20)6-4-11)25-27(17(14)29)13-8-24-26(9-13)18(21)22/h3-9,18,30H,10H2,1-2H3,(H,23,28). The number of nitrogens with one attached hydrogen (secondary N) is 1. The van der Waals surface area contributed by atoms with Crippen LogP contribution in [-0.4, -0.2) is 42.7 Å². The summed E-state index contributed by atoms with van der Waals surface area (Å²) >= 11 is 5.90. The number of carbonyl (C=O) groups is 1. The Kier molecular flexibility index (Phi) is 5.99. The molecule has 30 heavy (non-hydrogen) atoms. The van der Waals surface area contributed by atoms with E-state index in [1.165, 1.54) is 19.9 Å². The average Bonchev–Trinajstić information content (AvgIpc) is 3.17. The zero-order valence-corrected chi connectivity index (χ0v) is 16.8. The van der Waals surface area contributed by atoms with Crippen LogP contribution in [0, 0.1) is 0 Å². The fraction of sp³-hybridized carbons (Fsp3) is 0.263. The van der Waals surface area contributed by atoms with E-state index in [4.69, 9.17) is 11.6 Å². The predicted molar refractivity (Wildman–Crippen MR) is 106 cm³/mol. The van der Waals surface area contributed by atoms with Crippen LogP contribution < -0.4 is 10.9 Å². The summed E-state index contributed by atoms with van der Waals surface area (Å²) in [6.45, 7) is -0.0115. The summed E-state index contributed by atoms with van der Waals surface area (Å²) in [6.07, 6.45) is 1.99. The van der Waals surface area contributed by atoms with Crippen molar-refractivity contribution in [3.8, 4) is 16.9 Å². The van der Waals surface area contributed by atoms with Crippen LogP contribution in [0.4, 0.5) is 8.78 Å². The predicted octanol–water partition coefficient (Wildman–Crippen LogP) is 2.65. The topological polar surface area (TPSA) is 102 Å². The molecule has 0 aliphatic heterocycles. The van der Waals surface area contributed by atoms with Crippen LogP contribution in [0.3, 0.4) is 0 Å². The van der Waals surface area contributed by atoms with E-state index in [0.717, 1.165) is 17.1 Å². The molecule has 0 spiro atoms. The fourth-order valence-corrected chi connectivity index (χ4v) is 2.66. The van der Waals surface area contributed by atoms with Gasteiger partial charge >= 0.3 is 6.55 Å². The number of halogens is 3. The Hall–Kier alpha value is -3.11. The molecule has 3 rings (SSSR count). The van der Waals surface area contributed by atoms with E-state index in [0.29, 0.717) is 15.3 Å². The molecule has 0 bridgehead atoms. The number of aromatic nitrogens is 4. The lowest BCUT2D eigenvalue weighted by Gasteiger charge is -2.17. The first-order valence-corrected chi connectivity index (χ1v) is 9.16. The summed E-state index contributed by atoms with van der Waals surface area (Å²) < 4.78 is 27.0. The van der Waals surface area contributed by atoms with E-state index in [2.05, 4.69) is 15.5 Å². The number of amides is 1. The molecule has 0 aliphatic carbocycles. The lowest BCUT2D eigenvalue weighted by molar-refractivity contribution is 0.0566. The Morgan fingerprint density at radius 1 is 1.30 bits per heavy atom.